The Labute approximate surface area is 110 Å². The molecule has 0 fully saturated rings. The Kier molecular flexibility index (Phi) is 5.43. The number of halogens is 1. The van der Waals surface area contributed by atoms with Gasteiger partial charge < -0.3 is 14.8 Å². The molecule has 0 radical (unpaired) electrons. The third-order valence-corrected chi connectivity index (χ3v) is 2.35. The van der Waals surface area contributed by atoms with Crippen molar-refractivity contribution in [3.05, 3.63) is 28.8 Å². The van der Waals surface area contributed by atoms with Crippen LogP contribution < -0.4 is 10.1 Å². The highest BCUT2D eigenvalue weighted by molar-refractivity contribution is 6.31. The number of carbonyl (C=O) groups excluding carboxylic acids is 1. The summed E-state index contributed by atoms with van der Waals surface area (Å²) in [6.45, 7) is 2.06. The molecule has 5 nitrogen and oxygen atoms in total. The Morgan fingerprint density at radius 3 is 2.89 bits per heavy atom. The van der Waals surface area contributed by atoms with E-state index in [9.17, 15) is 4.79 Å². The highest BCUT2D eigenvalue weighted by Gasteiger charge is 2.17. The molecule has 1 atom stereocenters. The van der Waals surface area contributed by atoms with Crippen LogP contribution in [0.15, 0.2) is 18.2 Å². The zero-order valence-electron chi connectivity index (χ0n) is 10.1. The summed E-state index contributed by atoms with van der Waals surface area (Å²) in [6.07, 6.45) is -0.994. The van der Waals surface area contributed by atoms with Crippen molar-refractivity contribution in [2.24, 2.45) is 0 Å². The number of nitrogens with zero attached hydrogens (tertiary/aromatic N) is 1. The summed E-state index contributed by atoms with van der Waals surface area (Å²) in [6, 6.07) is 6.49. The molecule has 1 aromatic rings. The van der Waals surface area contributed by atoms with Crippen LogP contribution in [-0.4, -0.2) is 25.9 Å². The molecule has 0 aliphatic carbocycles. The molecule has 1 amide bonds. The molecule has 6 heteroatoms. The van der Waals surface area contributed by atoms with Gasteiger partial charge in [0.15, 0.2) is 0 Å². The number of carbonyl (C=O) groups is 1. The van der Waals surface area contributed by atoms with Crippen LogP contribution >= 0.6 is 11.6 Å². The van der Waals surface area contributed by atoms with Gasteiger partial charge in [-0.1, -0.05) is 11.6 Å². The van der Waals surface area contributed by atoms with Crippen molar-refractivity contribution in [1.82, 2.24) is 5.32 Å². The molecule has 1 aromatic carbocycles. The smallest absolute Gasteiger partial charge is 0.257 e. The highest BCUT2D eigenvalue weighted by Crippen LogP contribution is 2.22. The summed E-state index contributed by atoms with van der Waals surface area (Å²) in [7, 11) is 1.45. The Hall–Kier alpha value is -1.77. The number of amides is 1. The monoisotopic (exact) mass is 268 g/mol. The minimum absolute atomic E-state index is 0.255. The van der Waals surface area contributed by atoms with Crippen LogP contribution in [0.3, 0.4) is 0 Å². The van der Waals surface area contributed by atoms with Crippen molar-refractivity contribution in [2.75, 3.05) is 13.7 Å². The van der Waals surface area contributed by atoms with Crippen LogP contribution in [0.4, 0.5) is 0 Å². The highest BCUT2D eigenvalue weighted by atomic mass is 35.5. The molecule has 0 saturated carbocycles. The maximum Gasteiger partial charge on any atom is 0.257 e. The fourth-order valence-corrected chi connectivity index (χ4v) is 1.50. The van der Waals surface area contributed by atoms with Crippen molar-refractivity contribution < 1.29 is 14.3 Å². The lowest BCUT2D eigenvalue weighted by atomic mass is 10.2. The zero-order valence-corrected chi connectivity index (χ0v) is 10.8. The predicted octanol–water partition coefficient (Wildman–Crippen LogP) is 1.96. The second-order valence-electron chi connectivity index (χ2n) is 3.28. The van der Waals surface area contributed by atoms with Crippen molar-refractivity contribution in [2.45, 2.75) is 13.2 Å². The molecule has 0 spiro atoms. The van der Waals surface area contributed by atoms with E-state index in [-0.39, 0.29) is 5.56 Å². The van der Waals surface area contributed by atoms with E-state index in [0.717, 1.165) is 0 Å². The fraction of sp³-hybridized carbons (Fsp3) is 0.333. The Morgan fingerprint density at radius 1 is 1.61 bits per heavy atom. The third kappa shape index (κ3) is 3.62. The standard InChI is InChI=1S/C12H13ClN2O3/c1-3-18-11(7-14)15-12(16)9-6-8(13)4-5-10(9)17-2/h4-6,11H,3H2,1-2H3,(H,15,16). The molecular formula is C12H13ClN2O3. The van der Waals surface area contributed by atoms with E-state index < -0.39 is 12.1 Å². The Morgan fingerprint density at radius 2 is 2.33 bits per heavy atom. The number of hydrogen-bond donors (Lipinski definition) is 1. The van der Waals surface area contributed by atoms with Crippen LogP contribution in [-0.2, 0) is 4.74 Å². The lowest BCUT2D eigenvalue weighted by Crippen LogP contribution is -2.36. The molecule has 1 rings (SSSR count). The fourth-order valence-electron chi connectivity index (χ4n) is 1.33. The molecule has 0 aromatic heterocycles. The summed E-state index contributed by atoms with van der Waals surface area (Å²) in [5, 5.41) is 11.6. The molecule has 0 aliphatic rings. The largest absolute Gasteiger partial charge is 0.496 e. The van der Waals surface area contributed by atoms with E-state index in [1.54, 1.807) is 19.1 Å². The minimum Gasteiger partial charge on any atom is -0.496 e. The zero-order chi connectivity index (χ0) is 13.5. The Bertz CT molecular complexity index is 471. The number of hydrogen-bond acceptors (Lipinski definition) is 4. The normalized spacial score (nSPS) is 11.4. The van der Waals surface area contributed by atoms with Crippen molar-refractivity contribution >= 4 is 17.5 Å². The Balaban J connectivity index is 2.90. The van der Waals surface area contributed by atoms with Crippen molar-refractivity contribution in [3.63, 3.8) is 0 Å². The second-order valence-corrected chi connectivity index (χ2v) is 3.72. The van der Waals surface area contributed by atoms with Crippen LogP contribution in [0.25, 0.3) is 0 Å². The SMILES string of the molecule is CCOC(C#N)NC(=O)c1cc(Cl)ccc1OC. The van der Waals surface area contributed by atoms with Gasteiger partial charge in [-0.15, -0.1) is 0 Å². The first-order valence-electron chi connectivity index (χ1n) is 5.28. The van der Waals surface area contributed by atoms with E-state index in [0.29, 0.717) is 17.4 Å². The number of nitrogens with one attached hydrogen (secondary N) is 1. The van der Waals surface area contributed by atoms with Gasteiger partial charge >= 0.3 is 0 Å². The molecular weight excluding hydrogens is 256 g/mol. The first-order valence-corrected chi connectivity index (χ1v) is 5.65. The summed E-state index contributed by atoms with van der Waals surface area (Å²) in [5.41, 5.74) is 0.255. The van der Waals surface area contributed by atoms with Crippen molar-refractivity contribution in [1.29, 1.82) is 5.26 Å². The molecule has 0 heterocycles. The van der Waals surface area contributed by atoms with Gasteiger partial charge in [0.25, 0.3) is 5.91 Å². The van der Waals surface area contributed by atoms with Gasteiger partial charge in [0.2, 0.25) is 6.23 Å². The van der Waals surface area contributed by atoms with Gasteiger partial charge in [0.05, 0.1) is 12.7 Å². The number of rotatable bonds is 5. The van der Waals surface area contributed by atoms with Gasteiger partial charge in [-0.05, 0) is 25.1 Å². The van der Waals surface area contributed by atoms with Crippen LogP contribution in [0.5, 0.6) is 5.75 Å². The average molecular weight is 269 g/mol. The molecule has 0 saturated heterocycles. The first kappa shape index (κ1) is 14.3. The number of methoxy groups -OCH3 is 1. The van der Waals surface area contributed by atoms with E-state index >= 15 is 0 Å². The first-order chi connectivity index (χ1) is 8.62. The van der Waals surface area contributed by atoms with Gasteiger partial charge in [0.1, 0.15) is 11.8 Å². The minimum atomic E-state index is -0.994. The van der Waals surface area contributed by atoms with Gasteiger partial charge in [-0.3, -0.25) is 4.79 Å². The van der Waals surface area contributed by atoms with Crippen molar-refractivity contribution in [3.8, 4) is 11.8 Å². The van der Waals surface area contributed by atoms with Crippen LogP contribution in [0, 0.1) is 11.3 Å². The molecule has 1 N–H and O–H groups in total. The second kappa shape index (κ2) is 6.84. The van der Waals surface area contributed by atoms with E-state index in [1.807, 2.05) is 6.07 Å². The van der Waals surface area contributed by atoms with E-state index in [1.165, 1.54) is 13.2 Å². The summed E-state index contributed by atoms with van der Waals surface area (Å²) in [5.74, 6) is -0.0977. The molecule has 1 unspecified atom stereocenters. The number of benzene rings is 1. The summed E-state index contributed by atoms with van der Waals surface area (Å²) >= 11 is 5.82. The van der Waals surface area contributed by atoms with Crippen LogP contribution in [0.1, 0.15) is 17.3 Å². The molecule has 96 valence electrons. The quantitative estimate of drug-likeness (QED) is 0.829. The average Bonchev–Trinajstić information content (AvgIpc) is 2.38. The summed E-state index contributed by atoms with van der Waals surface area (Å²) < 4.78 is 10.1. The molecule has 0 bridgehead atoms. The van der Waals surface area contributed by atoms with E-state index in [2.05, 4.69) is 5.32 Å². The van der Waals surface area contributed by atoms with E-state index in [4.69, 9.17) is 26.3 Å². The number of ether oxygens (including phenoxy) is 2. The van der Waals surface area contributed by atoms with Gasteiger partial charge in [-0.2, -0.15) is 5.26 Å². The maximum atomic E-state index is 11.9. The molecule has 18 heavy (non-hydrogen) atoms. The number of nitriles is 1. The predicted molar refractivity (Wildman–Crippen MR) is 66.5 cm³/mol. The van der Waals surface area contributed by atoms with Gasteiger partial charge in [0, 0.05) is 11.6 Å². The summed E-state index contributed by atoms with van der Waals surface area (Å²) in [4.78, 5) is 11.9. The maximum absolute atomic E-state index is 11.9. The van der Waals surface area contributed by atoms with Gasteiger partial charge in [-0.25, -0.2) is 0 Å². The lowest BCUT2D eigenvalue weighted by Gasteiger charge is -2.13. The lowest BCUT2D eigenvalue weighted by molar-refractivity contribution is 0.0613. The topological polar surface area (TPSA) is 71.3 Å². The molecule has 0 aliphatic heterocycles. The third-order valence-electron chi connectivity index (χ3n) is 2.12. The van der Waals surface area contributed by atoms with Crippen LogP contribution in [0.2, 0.25) is 5.02 Å².